The van der Waals surface area contributed by atoms with Gasteiger partial charge in [-0.05, 0) is 96.8 Å². The Bertz CT molecular complexity index is 3770. The van der Waals surface area contributed by atoms with Crippen molar-refractivity contribution in [1.82, 2.24) is 13.7 Å². The summed E-state index contributed by atoms with van der Waals surface area (Å²) in [5.41, 5.74) is 12.4. The number of rotatable bonds is 5. The predicted molar refractivity (Wildman–Crippen MR) is 254 cm³/mol. The highest BCUT2D eigenvalue weighted by Gasteiger charge is 2.43. The third-order valence-electron chi connectivity index (χ3n) is 13.0. The number of nitrogens with zero attached hydrogens (tertiary/aromatic N) is 4. The summed E-state index contributed by atoms with van der Waals surface area (Å²) in [7, 11) is 0. The molecule has 3 aromatic heterocycles. The maximum Gasteiger partial charge on any atom is 0.268 e. The fourth-order valence-electron chi connectivity index (χ4n) is 10.4. The second kappa shape index (κ2) is 13.1. The number of fused-ring (bicyclic) bond motifs is 13. The normalized spacial score (nSPS) is 14.1. The minimum Gasteiger partial charge on any atom is -0.312 e. The van der Waals surface area contributed by atoms with Crippen molar-refractivity contribution in [2.45, 2.75) is 12.8 Å². The Balaban J connectivity index is 1.03. The van der Waals surface area contributed by atoms with Crippen LogP contribution in [0.1, 0.15) is 33.6 Å². The predicted octanol–water partition coefficient (Wildman–Crippen LogP) is 13.6. The smallest absolute Gasteiger partial charge is 0.268 e. The van der Waals surface area contributed by atoms with Crippen molar-refractivity contribution < 1.29 is 9.59 Å². The number of hydrogen-bond acceptors (Lipinski definition) is 2. The van der Waals surface area contributed by atoms with Gasteiger partial charge in [-0.1, -0.05) is 121 Å². The summed E-state index contributed by atoms with van der Waals surface area (Å²) >= 11 is 0. The van der Waals surface area contributed by atoms with Crippen molar-refractivity contribution >= 4 is 88.6 Å². The van der Waals surface area contributed by atoms with Crippen molar-refractivity contribution in [3.05, 3.63) is 205 Å². The number of imide groups is 1. The molecule has 0 radical (unpaired) electrons. The van der Waals surface area contributed by atoms with E-state index in [1.54, 1.807) is 0 Å². The third kappa shape index (κ3) is 4.74. The molecule has 0 saturated carbocycles. The minimum atomic E-state index is -0.325. The quantitative estimate of drug-likeness (QED) is 0.163. The van der Waals surface area contributed by atoms with Gasteiger partial charge >= 0.3 is 0 Å². The molecule has 62 heavy (non-hydrogen) atoms. The van der Waals surface area contributed by atoms with E-state index in [1.807, 2.05) is 54.6 Å². The zero-order chi connectivity index (χ0) is 41.1. The molecule has 1 aliphatic heterocycles. The van der Waals surface area contributed by atoms with Crippen LogP contribution in [0.3, 0.4) is 0 Å². The highest BCUT2D eigenvalue weighted by Crippen LogP contribution is 2.49. The molecule has 0 N–H and O–H groups in total. The summed E-state index contributed by atoms with van der Waals surface area (Å²) in [4.78, 5) is 32.3. The topological polar surface area (TPSA) is 52.2 Å². The molecule has 6 nitrogen and oxygen atoms in total. The Morgan fingerprint density at radius 1 is 0.403 bits per heavy atom. The van der Waals surface area contributed by atoms with E-state index in [9.17, 15) is 0 Å². The molecule has 4 heterocycles. The van der Waals surface area contributed by atoms with Crippen molar-refractivity contribution in [3.63, 3.8) is 0 Å². The number of aromatic nitrogens is 3. The Morgan fingerprint density at radius 3 is 1.52 bits per heavy atom. The van der Waals surface area contributed by atoms with Gasteiger partial charge in [0.05, 0.1) is 49.9 Å². The fraction of sp³-hybridized carbons (Fsp3) is 0.0357. The van der Waals surface area contributed by atoms with Crippen molar-refractivity contribution in [1.29, 1.82) is 0 Å². The molecule has 0 fully saturated rings. The lowest BCUT2D eigenvalue weighted by Gasteiger charge is -2.16. The first-order valence-corrected chi connectivity index (χ1v) is 21.2. The van der Waals surface area contributed by atoms with Gasteiger partial charge in [-0.25, -0.2) is 4.90 Å². The van der Waals surface area contributed by atoms with Crippen molar-refractivity contribution in [2.75, 3.05) is 4.90 Å². The van der Waals surface area contributed by atoms with E-state index in [0.717, 1.165) is 101 Å². The molecule has 0 unspecified atom stereocenters. The third-order valence-corrected chi connectivity index (χ3v) is 13.0. The largest absolute Gasteiger partial charge is 0.312 e. The van der Waals surface area contributed by atoms with Gasteiger partial charge < -0.3 is 13.7 Å². The molecule has 2 amide bonds. The lowest BCUT2D eigenvalue weighted by Crippen LogP contribution is -2.29. The molecular weight excluding hydrogens is 761 g/mol. The molecule has 0 spiro atoms. The number of para-hydroxylation sites is 5. The van der Waals surface area contributed by atoms with Crippen molar-refractivity contribution in [2.24, 2.45) is 0 Å². The lowest BCUT2D eigenvalue weighted by molar-refractivity contribution is 0.0927. The standard InChI is InChI=1S/C56H36N4O2/c61-55-51-52(56(62)60(55)40-31-28-35(29-32-40)36-30-33-48-44(34-36)41-22-10-13-25-45(41)57(48)37-16-4-1-5-17-37)54-50(43-24-12-15-27-47(43)59(54)39-20-8-3-9-21-39)49-42-23-11-14-26-46(42)58(53(49)51)38-18-6-2-7-19-38/h1-8,10-20,22-34H,9,21H2. The van der Waals surface area contributed by atoms with E-state index in [4.69, 9.17) is 0 Å². The van der Waals surface area contributed by atoms with E-state index >= 15 is 9.59 Å². The molecule has 0 saturated heterocycles. The van der Waals surface area contributed by atoms with Crippen LogP contribution in [-0.2, 0) is 0 Å². The summed E-state index contributed by atoms with van der Waals surface area (Å²) in [5, 5.41) is 6.38. The van der Waals surface area contributed by atoms with Crippen LogP contribution >= 0.6 is 0 Å². The van der Waals surface area contributed by atoms with E-state index in [2.05, 4.69) is 153 Å². The number of carbonyl (C=O) groups excluding carboxylic acids is 2. The van der Waals surface area contributed by atoms with Gasteiger partial charge in [-0.2, -0.15) is 0 Å². The van der Waals surface area contributed by atoms with Crippen LogP contribution in [0.2, 0.25) is 0 Å². The van der Waals surface area contributed by atoms with Crippen LogP contribution in [0.15, 0.2) is 194 Å². The summed E-state index contributed by atoms with van der Waals surface area (Å²) in [6.45, 7) is 0. The first kappa shape index (κ1) is 34.6. The van der Waals surface area contributed by atoms with Gasteiger partial charge in [0.2, 0.25) is 0 Å². The Hall–Kier alpha value is -8.22. The van der Waals surface area contributed by atoms with Crippen LogP contribution in [0.4, 0.5) is 5.69 Å². The van der Waals surface area contributed by atoms with Gasteiger partial charge in [0.15, 0.2) is 0 Å². The van der Waals surface area contributed by atoms with Gasteiger partial charge in [0.1, 0.15) is 0 Å². The SMILES string of the molecule is O=C1c2c(c3c(c4ccccc4n3-c3ccccc3)c3c4ccccc4n(C4=CC=CCC4)c23)C(=O)N1c1ccc(-c2ccc3c(c2)c2ccccc2n3-c2ccccc2)cc1. The number of carbonyl (C=O) groups is 2. The average molecular weight is 797 g/mol. The Morgan fingerprint density at radius 2 is 0.903 bits per heavy atom. The first-order chi connectivity index (χ1) is 30.7. The number of benzene rings is 8. The number of anilines is 1. The van der Waals surface area contributed by atoms with E-state index in [1.165, 1.54) is 10.3 Å². The lowest BCUT2D eigenvalue weighted by atomic mass is 9.97. The van der Waals surface area contributed by atoms with E-state index in [0.29, 0.717) is 16.8 Å². The molecule has 0 bridgehead atoms. The fourth-order valence-corrected chi connectivity index (χ4v) is 10.4. The van der Waals surface area contributed by atoms with Gasteiger partial charge in [0.25, 0.3) is 11.8 Å². The molecule has 6 heteroatoms. The number of allylic oxidation sites excluding steroid dienone is 4. The Kier molecular flexibility index (Phi) is 7.34. The molecule has 2 aliphatic rings. The van der Waals surface area contributed by atoms with Gasteiger partial charge in [-0.15, -0.1) is 0 Å². The van der Waals surface area contributed by atoms with E-state index in [-0.39, 0.29) is 11.8 Å². The Labute approximate surface area is 356 Å². The number of hydrogen-bond donors (Lipinski definition) is 0. The average Bonchev–Trinajstić information content (AvgIpc) is 4.04. The zero-order valence-corrected chi connectivity index (χ0v) is 33.5. The van der Waals surface area contributed by atoms with Crippen molar-refractivity contribution in [3.8, 4) is 22.5 Å². The first-order valence-electron chi connectivity index (χ1n) is 21.2. The summed E-state index contributed by atoms with van der Waals surface area (Å²) in [6, 6.07) is 60.4. The molecule has 11 aromatic rings. The second-order valence-corrected chi connectivity index (χ2v) is 16.3. The highest BCUT2D eigenvalue weighted by molar-refractivity contribution is 6.45. The van der Waals surface area contributed by atoms with Crippen LogP contribution in [0, 0.1) is 0 Å². The van der Waals surface area contributed by atoms with Crippen LogP contribution < -0.4 is 4.90 Å². The maximum absolute atomic E-state index is 15.4. The molecule has 292 valence electrons. The molecule has 1 aliphatic carbocycles. The molecule has 0 atom stereocenters. The summed E-state index contributed by atoms with van der Waals surface area (Å²) < 4.78 is 6.75. The summed E-state index contributed by atoms with van der Waals surface area (Å²) in [6.07, 6.45) is 8.13. The monoisotopic (exact) mass is 796 g/mol. The molecule has 13 rings (SSSR count). The van der Waals surface area contributed by atoms with Crippen LogP contribution in [0.5, 0.6) is 0 Å². The van der Waals surface area contributed by atoms with Crippen LogP contribution in [0.25, 0.3) is 93.6 Å². The van der Waals surface area contributed by atoms with Gasteiger partial charge in [0, 0.05) is 49.4 Å². The van der Waals surface area contributed by atoms with Gasteiger partial charge in [-0.3, -0.25) is 9.59 Å². The van der Waals surface area contributed by atoms with Crippen LogP contribution in [-0.4, -0.2) is 25.5 Å². The zero-order valence-electron chi connectivity index (χ0n) is 33.5. The molecule has 8 aromatic carbocycles. The second-order valence-electron chi connectivity index (χ2n) is 16.3. The maximum atomic E-state index is 15.4. The summed E-state index contributed by atoms with van der Waals surface area (Å²) in [5.74, 6) is -0.644. The number of amides is 2. The van der Waals surface area contributed by atoms with E-state index < -0.39 is 0 Å². The molecular formula is C56H36N4O2. The minimum absolute atomic E-state index is 0.319. The highest BCUT2D eigenvalue weighted by atomic mass is 16.2.